The highest BCUT2D eigenvalue weighted by Crippen LogP contribution is 2.29. The Morgan fingerprint density at radius 3 is 2.77 bits per heavy atom. The van der Waals surface area contributed by atoms with Crippen LogP contribution in [-0.2, 0) is 11.2 Å². The number of hydrogen-bond acceptors (Lipinski definition) is 3. The third-order valence-electron chi connectivity index (χ3n) is 4.71. The van der Waals surface area contributed by atoms with Crippen molar-refractivity contribution in [2.45, 2.75) is 32.7 Å². The first kappa shape index (κ1) is 18.0. The molecular weight excluding hydrogens is 326 g/mol. The van der Waals surface area contributed by atoms with Crippen molar-refractivity contribution in [2.24, 2.45) is 0 Å². The van der Waals surface area contributed by atoms with Crippen molar-refractivity contribution >= 4 is 23.2 Å². The predicted molar refractivity (Wildman–Crippen MR) is 105 cm³/mol. The van der Waals surface area contributed by atoms with Gasteiger partial charge in [0.05, 0.1) is 6.54 Å². The van der Waals surface area contributed by atoms with Crippen LogP contribution in [-0.4, -0.2) is 30.9 Å². The number of anilines is 2. The van der Waals surface area contributed by atoms with Gasteiger partial charge in [-0.05, 0) is 49.6 Å². The van der Waals surface area contributed by atoms with Gasteiger partial charge in [0, 0.05) is 29.5 Å². The molecule has 2 aromatic rings. The standard InChI is InChI=1S/C21H25N3O2/c1-3-15(2)23-20(25)14-22-18-9-6-8-17(13-18)21(26)24-12-11-16-7-4-5-10-19(16)24/h4-10,13,15,22H,3,11-12,14H2,1-2H3,(H,23,25)/t15-/m1/s1. The minimum absolute atomic E-state index is 0.0114. The molecule has 136 valence electrons. The molecule has 0 radical (unpaired) electrons. The van der Waals surface area contributed by atoms with Gasteiger partial charge in [0.2, 0.25) is 5.91 Å². The lowest BCUT2D eigenvalue weighted by Gasteiger charge is -2.18. The Hall–Kier alpha value is -2.82. The van der Waals surface area contributed by atoms with Crippen LogP contribution in [0.1, 0.15) is 36.2 Å². The number of fused-ring (bicyclic) bond motifs is 1. The highest BCUT2D eigenvalue weighted by atomic mass is 16.2. The lowest BCUT2D eigenvalue weighted by Crippen LogP contribution is -2.36. The smallest absolute Gasteiger partial charge is 0.258 e. The largest absolute Gasteiger partial charge is 0.376 e. The molecule has 0 aliphatic carbocycles. The average Bonchev–Trinajstić information content (AvgIpc) is 3.10. The van der Waals surface area contributed by atoms with Gasteiger partial charge >= 0.3 is 0 Å². The Labute approximate surface area is 154 Å². The Bertz CT molecular complexity index is 803. The molecule has 2 amide bonds. The number of nitrogens with one attached hydrogen (secondary N) is 2. The van der Waals surface area contributed by atoms with Gasteiger partial charge in [-0.1, -0.05) is 31.2 Å². The number of hydrogen-bond donors (Lipinski definition) is 2. The van der Waals surface area contributed by atoms with Crippen molar-refractivity contribution in [3.8, 4) is 0 Å². The summed E-state index contributed by atoms with van der Waals surface area (Å²) in [5, 5.41) is 6.01. The van der Waals surface area contributed by atoms with Crippen LogP contribution >= 0.6 is 0 Å². The highest BCUT2D eigenvalue weighted by molar-refractivity contribution is 6.07. The van der Waals surface area contributed by atoms with Gasteiger partial charge in [-0.3, -0.25) is 9.59 Å². The lowest BCUT2D eigenvalue weighted by molar-refractivity contribution is -0.120. The van der Waals surface area contributed by atoms with Gasteiger partial charge in [-0.2, -0.15) is 0 Å². The summed E-state index contributed by atoms with van der Waals surface area (Å²) in [6, 6.07) is 15.5. The summed E-state index contributed by atoms with van der Waals surface area (Å²) in [5.41, 5.74) is 3.58. The molecule has 0 unspecified atom stereocenters. The van der Waals surface area contributed by atoms with Crippen LogP contribution < -0.4 is 15.5 Å². The van der Waals surface area contributed by atoms with Gasteiger partial charge in [0.1, 0.15) is 0 Å². The molecule has 1 heterocycles. The molecule has 0 spiro atoms. The molecule has 2 aromatic carbocycles. The fourth-order valence-electron chi connectivity index (χ4n) is 3.08. The zero-order chi connectivity index (χ0) is 18.5. The van der Waals surface area contributed by atoms with Crippen molar-refractivity contribution in [2.75, 3.05) is 23.3 Å². The maximum absolute atomic E-state index is 12.9. The molecule has 0 saturated carbocycles. The molecule has 1 aliphatic heterocycles. The number of para-hydroxylation sites is 1. The number of carbonyl (C=O) groups is 2. The summed E-state index contributed by atoms with van der Waals surface area (Å²) < 4.78 is 0. The van der Waals surface area contributed by atoms with Crippen molar-refractivity contribution in [1.82, 2.24) is 5.32 Å². The van der Waals surface area contributed by atoms with Crippen molar-refractivity contribution in [1.29, 1.82) is 0 Å². The van der Waals surface area contributed by atoms with Crippen LogP contribution in [0.15, 0.2) is 48.5 Å². The minimum Gasteiger partial charge on any atom is -0.376 e. The first-order chi connectivity index (χ1) is 12.6. The summed E-state index contributed by atoms with van der Waals surface area (Å²) in [6.07, 6.45) is 1.78. The third kappa shape index (κ3) is 4.04. The van der Waals surface area contributed by atoms with Gasteiger partial charge in [0.25, 0.3) is 5.91 Å². The van der Waals surface area contributed by atoms with E-state index < -0.39 is 0 Å². The van der Waals surface area contributed by atoms with Gasteiger partial charge in [0.15, 0.2) is 0 Å². The van der Waals surface area contributed by atoms with Crippen LogP contribution in [0.5, 0.6) is 0 Å². The number of carbonyl (C=O) groups excluding carboxylic acids is 2. The summed E-state index contributed by atoms with van der Waals surface area (Å²) in [4.78, 5) is 26.6. The first-order valence-corrected chi connectivity index (χ1v) is 9.11. The van der Waals surface area contributed by atoms with Crippen LogP contribution in [0.4, 0.5) is 11.4 Å². The van der Waals surface area contributed by atoms with Crippen LogP contribution in [0.2, 0.25) is 0 Å². The van der Waals surface area contributed by atoms with E-state index in [1.807, 2.05) is 55.1 Å². The summed E-state index contributed by atoms with van der Waals surface area (Å²) in [7, 11) is 0. The molecule has 1 atom stereocenters. The molecule has 26 heavy (non-hydrogen) atoms. The Balaban J connectivity index is 1.66. The van der Waals surface area contributed by atoms with Crippen molar-refractivity contribution in [3.63, 3.8) is 0 Å². The van der Waals surface area contributed by atoms with E-state index in [0.29, 0.717) is 12.1 Å². The number of nitrogens with zero attached hydrogens (tertiary/aromatic N) is 1. The Morgan fingerprint density at radius 1 is 1.15 bits per heavy atom. The molecule has 0 bridgehead atoms. The van der Waals surface area contributed by atoms with E-state index in [0.717, 1.165) is 24.2 Å². The maximum Gasteiger partial charge on any atom is 0.258 e. The summed E-state index contributed by atoms with van der Waals surface area (Å²) >= 11 is 0. The molecule has 0 fully saturated rings. The quantitative estimate of drug-likeness (QED) is 0.840. The first-order valence-electron chi connectivity index (χ1n) is 9.11. The molecule has 2 N–H and O–H groups in total. The second kappa shape index (κ2) is 8.04. The minimum atomic E-state index is -0.0513. The molecule has 0 saturated heterocycles. The zero-order valence-electron chi connectivity index (χ0n) is 15.3. The third-order valence-corrected chi connectivity index (χ3v) is 4.71. The highest BCUT2D eigenvalue weighted by Gasteiger charge is 2.25. The fourth-order valence-corrected chi connectivity index (χ4v) is 3.08. The van der Waals surface area contributed by atoms with E-state index in [-0.39, 0.29) is 24.4 Å². The molecule has 3 rings (SSSR count). The number of rotatable bonds is 6. The van der Waals surface area contributed by atoms with Gasteiger partial charge < -0.3 is 15.5 Å². The molecule has 1 aliphatic rings. The fraction of sp³-hybridized carbons (Fsp3) is 0.333. The van der Waals surface area contributed by atoms with E-state index in [1.165, 1.54) is 5.56 Å². The lowest BCUT2D eigenvalue weighted by atomic mass is 10.1. The van der Waals surface area contributed by atoms with Crippen molar-refractivity contribution in [3.05, 3.63) is 59.7 Å². The number of benzene rings is 2. The second-order valence-electron chi connectivity index (χ2n) is 6.65. The van der Waals surface area contributed by atoms with Crippen LogP contribution in [0.3, 0.4) is 0 Å². The van der Waals surface area contributed by atoms with Crippen LogP contribution in [0.25, 0.3) is 0 Å². The topological polar surface area (TPSA) is 61.4 Å². The number of amides is 2. The van der Waals surface area contributed by atoms with E-state index >= 15 is 0 Å². The van der Waals surface area contributed by atoms with E-state index in [9.17, 15) is 9.59 Å². The predicted octanol–water partition coefficient (Wildman–Crippen LogP) is 3.22. The molecule has 5 nitrogen and oxygen atoms in total. The van der Waals surface area contributed by atoms with Gasteiger partial charge in [-0.25, -0.2) is 0 Å². The normalized spacial score (nSPS) is 13.8. The Kier molecular flexibility index (Phi) is 5.56. The average molecular weight is 351 g/mol. The van der Waals surface area contributed by atoms with E-state index in [4.69, 9.17) is 0 Å². The monoisotopic (exact) mass is 351 g/mol. The molecular formula is C21H25N3O2. The van der Waals surface area contributed by atoms with Crippen LogP contribution in [0, 0.1) is 0 Å². The second-order valence-corrected chi connectivity index (χ2v) is 6.65. The van der Waals surface area contributed by atoms with E-state index in [1.54, 1.807) is 6.07 Å². The van der Waals surface area contributed by atoms with Crippen molar-refractivity contribution < 1.29 is 9.59 Å². The summed E-state index contributed by atoms with van der Waals surface area (Å²) in [5.74, 6) is -0.0628. The maximum atomic E-state index is 12.9. The summed E-state index contributed by atoms with van der Waals surface area (Å²) in [6.45, 7) is 4.90. The van der Waals surface area contributed by atoms with E-state index in [2.05, 4.69) is 16.7 Å². The molecule has 0 aromatic heterocycles. The Morgan fingerprint density at radius 2 is 1.96 bits per heavy atom. The van der Waals surface area contributed by atoms with Gasteiger partial charge in [-0.15, -0.1) is 0 Å². The SMILES string of the molecule is CC[C@@H](C)NC(=O)CNc1cccc(C(=O)N2CCc3ccccc32)c1. The molecule has 5 heteroatoms. The zero-order valence-corrected chi connectivity index (χ0v) is 15.3.